The topological polar surface area (TPSA) is 56.3 Å². The molecule has 0 bridgehead atoms. The lowest BCUT2D eigenvalue weighted by atomic mass is 10.00. The summed E-state index contributed by atoms with van der Waals surface area (Å²) in [5.74, 6) is 0.352. The zero-order valence-electron chi connectivity index (χ0n) is 8.78. The first-order valence-corrected chi connectivity index (χ1v) is 5.30. The molecule has 1 aliphatic rings. The van der Waals surface area contributed by atoms with Crippen LogP contribution in [0.5, 0.6) is 5.75 Å². The van der Waals surface area contributed by atoms with E-state index >= 15 is 0 Å². The van der Waals surface area contributed by atoms with E-state index in [-0.39, 0.29) is 17.9 Å². The minimum absolute atomic E-state index is 0.0483. The third kappa shape index (κ3) is 2.27. The van der Waals surface area contributed by atoms with E-state index in [2.05, 4.69) is 4.98 Å². The largest absolute Gasteiger partial charge is 0.490 e. The molecule has 1 fully saturated rings. The van der Waals surface area contributed by atoms with E-state index in [1.165, 1.54) is 0 Å². The molecule has 0 aliphatic heterocycles. The number of carbonyl (C=O) groups excluding carboxylic acids is 2. The van der Waals surface area contributed by atoms with Crippen molar-refractivity contribution >= 4 is 12.6 Å². The van der Waals surface area contributed by atoms with Crippen LogP contribution < -0.4 is 4.74 Å². The van der Waals surface area contributed by atoms with Gasteiger partial charge in [-0.3, -0.25) is 4.98 Å². The standard InChI is InChI=1S/C12H13NO3/c14-7-9-5-12(6-10(9)8-15)16-11-1-3-13-4-2-11/h1-4,7-10,12H,5-6H2. The van der Waals surface area contributed by atoms with Gasteiger partial charge in [-0.05, 0) is 25.0 Å². The van der Waals surface area contributed by atoms with Gasteiger partial charge in [0, 0.05) is 24.2 Å². The van der Waals surface area contributed by atoms with E-state index in [1.54, 1.807) is 24.5 Å². The highest BCUT2D eigenvalue weighted by Gasteiger charge is 2.35. The molecule has 4 heteroatoms. The lowest BCUT2D eigenvalue weighted by molar-refractivity contribution is -0.118. The van der Waals surface area contributed by atoms with Crippen LogP contribution >= 0.6 is 0 Å². The second kappa shape index (κ2) is 4.88. The van der Waals surface area contributed by atoms with E-state index in [0.717, 1.165) is 18.3 Å². The molecule has 84 valence electrons. The fourth-order valence-electron chi connectivity index (χ4n) is 2.07. The molecule has 0 aromatic carbocycles. The summed E-state index contributed by atoms with van der Waals surface area (Å²) in [7, 11) is 0. The Hall–Kier alpha value is -1.71. The average molecular weight is 219 g/mol. The lowest BCUT2D eigenvalue weighted by Crippen LogP contribution is -2.12. The van der Waals surface area contributed by atoms with Gasteiger partial charge >= 0.3 is 0 Å². The number of hydrogen-bond acceptors (Lipinski definition) is 4. The van der Waals surface area contributed by atoms with Gasteiger partial charge in [-0.2, -0.15) is 0 Å². The Balaban J connectivity index is 1.98. The lowest BCUT2D eigenvalue weighted by Gasteiger charge is -2.12. The first-order valence-electron chi connectivity index (χ1n) is 5.30. The molecule has 0 spiro atoms. The van der Waals surface area contributed by atoms with E-state index in [0.29, 0.717) is 12.8 Å². The predicted octanol–water partition coefficient (Wildman–Crippen LogP) is 1.25. The summed E-state index contributed by atoms with van der Waals surface area (Å²) in [6.45, 7) is 0. The minimum Gasteiger partial charge on any atom is -0.490 e. The molecular formula is C12H13NO3. The molecule has 4 nitrogen and oxygen atoms in total. The van der Waals surface area contributed by atoms with Gasteiger partial charge in [0.2, 0.25) is 0 Å². The van der Waals surface area contributed by atoms with Crippen molar-refractivity contribution in [1.29, 1.82) is 0 Å². The molecule has 2 atom stereocenters. The minimum atomic E-state index is -0.190. The normalized spacial score (nSPS) is 28.6. The van der Waals surface area contributed by atoms with Gasteiger partial charge in [0.25, 0.3) is 0 Å². The van der Waals surface area contributed by atoms with Crippen LogP contribution in [0.4, 0.5) is 0 Å². The molecule has 2 rings (SSSR count). The monoisotopic (exact) mass is 219 g/mol. The van der Waals surface area contributed by atoms with Gasteiger partial charge < -0.3 is 14.3 Å². The highest BCUT2D eigenvalue weighted by molar-refractivity contribution is 5.65. The first-order chi connectivity index (χ1) is 7.83. The third-order valence-electron chi connectivity index (χ3n) is 2.92. The van der Waals surface area contributed by atoms with Crippen molar-refractivity contribution in [2.24, 2.45) is 11.8 Å². The van der Waals surface area contributed by atoms with Crippen molar-refractivity contribution in [2.75, 3.05) is 0 Å². The van der Waals surface area contributed by atoms with Crippen LogP contribution in [0.25, 0.3) is 0 Å². The second-order valence-electron chi connectivity index (χ2n) is 3.99. The molecule has 0 radical (unpaired) electrons. The maximum atomic E-state index is 10.7. The van der Waals surface area contributed by atoms with Crippen molar-refractivity contribution in [1.82, 2.24) is 4.98 Å². The summed E-state index contributed by atoms with van der Waals surface area (Å²) in [6.07, 6.45) is 6.21. The van der Waals surface area contributed by atoms with Gasteiger partial charge in [-0.25, -0.2) is 0 Å². The fourth-order valence-corrected chi connectivity index (χ4v) is 2.07. The zero-order chi connectivity index (χ0) is 11.4. The van der Waals surface area contributed by atoms with Crippen LogP contribution in [0.15, 0.2) is 24.5 Å². The summed E-state index contributed by atoms with van der Waals surface area (Å²) < 4.78 is 5.68. The van der Waals surface area contributed by atoms with Gasteiger partial charge in [0.15, 0.2) is 0 Å². The number of ether oxygens (including phenoxy) is 1. The van der Waals surface area contributed by atoms with E-state index < -0.39 is 0 Å². The summed E-state index contributed by atoms with van der Waals surface area (Å²) in [5.41, 5.74) is 0. The van der Waals surface area contributed by atoms with E-state index in [1.807, 2.05) is 0 Å². The van der Waals surface area contributed by atoms with E-state index in [4.69, 9.17) is 4.74 Å². The predicted molar refractivity (Wildman–Crippen MR) is 57.0 cm³/mol. The SMILES string of the molecule is O=CC1CC(Oc2ccncc2)CC1C=O. The Labute approximate surface area is 93.6 Å². The maximum Gasteiger partial charge on any atom is 0.123 e. The summed E-state index contributed by atoms with van der Waals surface area (Å²) in [4.78, 5) is 25.4. The van der Waals surface area contributed by atoms with Crippen LogP contribution in [0.2, 0.25) is 0 Å². The van der Waals surface area contributed by atoms with Crippen LogP contribution in [0, 0.1) is 11.8 Å². The molecule has 0 N–H and O–H groups in total. The van der Waals surface area contributed by atoms with Crippen molar-refractivity contribution in [3.63, 3.8) is 0 Å². The second-order valence-corrected chi connectivity index (χ2v) is 3.99. The average Bonchev–Trinajstić information content (AvgIpc) is 2.72. The third-order valence-corrected chi connectivity index (χ3v) is 2.92. The number of rotatable bonds is 4. The molecule has 16 heavy (non-hydrogen) atoms. The molecule has 1 aromatic rings. The van der Waals surface area contributed by atoms with Crippen LogP contribution in [0.1, 0.15) is 12.8 Å². The summed E-state index contributed by atoms with van der Waals surface area (Å²) in [6, 6.07) is 3.54. The van der Waals surface area contributed by atoms with Crippen molar-refractivity contribution in [2.45, 2.75) is 18.9 Å². The number of hydrogen-bond donors (Lipinski definition) is 0. The number of carbonyl (C=O) groups is 2. The van der Waals surface area contributed by atoms with Gasteiger partial charge in [-0.1, -0.05) is 0 Å². The van der Waals surface area contributed by atoms with E-state index in [9.17, 15) is 9.59 Å². The Morgan fingerprint density at radius 1 is 1.12 bits per heavy atom. The highest BCUT2D eigenvalue weighted by Crippen LogP contribution is 2.31. The summed E-state index contributed by atoms with van der Waals surface area (Å²) in [5, 5.41) is 0. The fraction of sp³-hybridized carbons (Fsp3) is 0.417. The molecule has 1 aromatic heterocycles. The van der Waals surface area contributed by atoms with Crippen LogP contribution in [-0.4, -0.2) is 23.7 Å². The molecule has 0 amide bonds. The van der Waals surface area contributed by atoms with Crippen molar-refractivity contribution in [3.05, 3.63) is 24.5 Å². The molecule has 0 saturated heterocycles. The number of nitrogens with zero attached hydrogens (tertiary/aromatic N) is 1. The number of aldehydes is 2. The van der Waals surface area contributed by atoms with Gasteiger partial charge in [-0.15, -0.1) is 0 Å². The molecule has 1 aliphatic carbocycles. The maximum absolute atomic E-state index is 10.7. The molecule has 1 heterocycles. The molecular weight excluding hydrogens is 206 g/mol. The number of pyridine rings is 1. The molecule has 1 saturated carbocycles. The molecule has 2 unspecified atom stereocenters. The highest BCUT2D eigenvalue weighted by atomic mass is 16.5. The quantitative estimate of drug-likeness (QED) is 0.715. The Bertz CT molecular complexity index is 350. The van der Waals surface area contributed by atoms with Crippen LogP contribution in [0.3, 0.4) is 0 Å². The van der Waals surface area contributed by atoms with Crippen LogP contribution in [-0.2, 0) is 9.59 Å². The van der Waals surface area contributed by atoms with Crippen molar-refractivity contribution in [3.8, 4) is 5.75 Å². The first kappa shape index (κ1) is 10.8. The smallest absolute Gasteiger partial charge is 0.123 e. The van der Waals surface area contributed by atoms with Gasteiger partial charge in [0.05, 0.1) is 0 Å². The Morgan fingerprint density at radius 3 is 2.19 bits per heavy atom. The zero-order valence-corrected chi connectivity index (χ0v) is 8.78. The Morgan fingerprint density at radius 2 is 1.69 bits per heavy atom. The summed E-state index contributed by atoms with van der Waals surface area (Å²) >= 11 is 0. The van der Waals surface area contributed by atoms with Gasteiger partial charge in [0.1, 0.15) is 24.4 Å². The Kier molecular flexibility index (Phi) is 3.29. The van der Waals surface area contributed by atoms with Crippen molar-refractivity contribution < 1.29 is 14.3 Å². The number of aromatic nitrogens is 1.